The molecule has 5 nitrogen and oxygen atoms in total. The Bertz CT molecular complexity index is 399. The molecule has 1 unspecified atom stereocenters. The number of aryl methyl sites for hydroxylation is 1. The maximum Gasteiger partial charge on any atom is 0.238 e. The Morgan fingerprint density at radius 2 is 2.36 bits per heavy atom. The third-order valence-corrected chi connectivity index (χ3v) is 4.44. The molecular weight excluding hydrogens is 222 g/mol. The van der Waals surface area contributed by atoms with E-state index in [2.05, 4.69) is 9.71 Å². The molecule has 0 bridgehead atoms. The first-order valence-corrected chi connectivity index (χ1v) is 6.52. The minimum atomic E-state index is -3.38. The third kappa shape index (κ3) is 2.66. The first-order valence-electron chi connectivity index (χ1n) is 4.09. The van der Waals surface area contributed by atoms with Gasteiger partial charge in [0.05, 0.1) is 10.9 Å². The fourth-order valence-corrected chi connectivity index (χ4v) is 2.57. The monoisotopic (exact) mass is 235 g/mol. The highest BCUT2D eigenvalue weighted by molar-refractivity contribution is 7.93. The first-order chi connectivity index (χ1) is 6.45. The number of sulfonamides is 1. The predicted molar refractivity (Wildman–Crippen MR) is 57.9 cm³/mol. The summed E-state index contributed by atoms with van der Waals surface area (Å²) in [6, 6.07) is 0. The maximum atomic E-state index is 11.5. The van der Waals surface area contributed by atoms with Crippen molar-refractivity contribution in [2.24, 2.45) is 5.73 Å². The van der Waals surface area contributed by atoms with Crippen LogP contribution in [0.5, 0.6) is 0 Å². The summed E-state index contributed by atoms with van der Waals surface area (Å²) in [6.07, 6.45) is 0. The lowest BCUT2D eigenvalue weighted by atomic mass is 10.5. The van der Waals surface area contributed by atoms with Crippen molar-refractivity contribution in [3.05, 3.63) is 11.1 Å². The fraction of sp³-hybridized carbons (Fsp3) is 0.571. The second-order valence-corrected chi connectivity index (χ2v) is 5.94. The molecule has 7 heteroatoms. The van der Waals surface area contributed by atoms with Gasteiger partial charge in [-0.25, -0.2) is 13.4 Å². The van der Waals surface area contributed by atoms with E-state index in [1.165, 1.54) is 11.3 Å². The van der Waals surface area contributed by atoms with Crippen LogP contribution in [0.4, 0.5) is 5.13 Å². The molecule has 0 aromatic carbocycles. The van der Waals surface area contributed by atoms with Gasteiger partial charge in [0.1, 0.15) is 0 Å². The van der Waals surface area contributed by atoms with Crippen molar-refractivity contribution in [2.75, 3.05) is 11.3 Å². The molecular formula is C7H13N3O2S2. The summed E-state index contributed by atoms with van der Waals surface area (Å²) in [5.74, 6) is 0. The number of nitrogens with two attached hydrogens (primary N) is 1. The minimum Gasteiger partial charge on any atom is -0.329 e. The van der Waals surface area contributed by atoms with Crippen LogP contribution in [0.2, 0.25) is 0 Å². The molecule has 0 amide bonds. The second kappa shape index (κ2) is 4.24. The van der Waals surface area contributed by atoms with Crippen molar-refractivity contribution < 1.29 is 8.42 Å². The number of hydrogen-bond acceptors (Lipinski definition) is 5. The topological polar surface area (TPSA) is 85.1 Å². The molecule has 80 valence electrons. The number of anilines is 1. The molecule has 0 saturated carbocycles. The lowest BCUT2D eigenvalue weighted by Crippen LogP contribution is -2.31. The Hall–Kier alpha value is -0.660. The average Bonchev–Trinajstić information content (AvgIpc) is 2.48. The minimum absolute atomic E-state index is 0.0969. The standard InChI is InChI=1S/C7H13N3O2S2/c1-5-4-13-7(9-5)10-14(11,12)6(2)3-8/h4,6H,3,8H2,1-2H3,(H,9,10). The van der Waals surface area contributed by atoms with Crippen molar-refractivity contribution in [3.63, 3.8) is 0 Å². The summed E-state index contributed by atoms with van der Waals surface area (Å²) >= 11 is 1.26. The van der Waals surface area contributed by atoms with Gasteiger partial charge in [0.25, 0.3) is 0 Å². The van der Waals surface area contributed by atoms with E-state index in [4.69, 9.17) is 5.73 Å². The molecule has 0 spiro atoms. The van der Waals surface area contributed by atoms with E-state index in [0.717, 1.165) is 5.69 Å². The van der Waals surface area contributed by atoms with Gasteiger partial charge in [-0.2, -0.15) is 0 Å². The molecule has 14 heavy (non-hydrogen) atoms. The predicted octanol–water partition coefficient (Wildman–Crippen LogP) is 0.540. The molecule has 3 N–H and O–H groups in total. The van der Waals surface area contributed by atoms with Crippen molar-refractivity contribution in [1.82, 2.24) is 4.98 Å². The summed E-state index contributed by atoms with van der Waals surface area (Å²) in [5, 5.41) is 1.57. The van der Waals surface area contributed by atoms with Gasteiger partial charge in [0, 0.05) is 11.9 Å². The summed E-state index contributed by atoms with van der Waals surface area (Å²) in [4.78, 5) is 4.00. The van der Waals surface area contributed by atoms with Gasteiger partial charge < -0.3 is 5.73 Å². The van der Waals surface area contributed by atoms with Crippen molar-refractivity contribution in [3.8, 4) is 0 Å². The van der Waals surface area contributed by atoms with E-state index in [0.29, 0.717) is 5.13 Å². The average molecular weight is 235 g/mol. The SMILES string of the molecule is Cc1csc(NS(=O)(=O)C(C)CN)n1. The molecule has 0 aliphatic heterocycles. The Kier molecular flexibility index (Phi) is 3.46. The maximum absolute atomic E-state index is 11.5. The number of aromatic nitrogens is 1. The molecule has 0 saturated heterocycles. The van der Waals surface area contributed by atoms with Gasteiger partial charge in [0.15, 0.2) is 5.13 Å². The van der Waals surface area contributed by atoms with Crippen molar-refractivity contribution >= 4 is 26.5 Å². The number of rotatable bonds is 4. The van der Waals surface area contributed by atoms with E-state index in [-0.39, 0.29) is 6.54 Å². The van der Waals surface area contributed by atoms with Crippen LogP contribution in [0.3, 0.4) is 0 Å². The third-order valence-electron chi connectivity index (χ3n) is 1.71. The van der Waals surface area contributed by atoms with Crippen LogP contribution < -0.4 is 10.5 Å². The molecule has 1 rings (SSSR count). The van der Waals surface area contributed by atoms with Gasteiger partial charge in [-0.1, -0.05) is 0 Å². The molecule has 1 atom stereocenters. The Morgan fingerprint density at radius 3 is 2.79 bits per heavy atom. The number of nitrogens with one attached hydrogen (secondary N) is 1. The van der Waals surface area contributed by atoms with E-state index in [9.17, 15) is 8.42 Å². The fourth-order valence-electron chi connectivity index (χ4n) is 0.750. The van der Waals surface area contributed by atoms with E-state index >= 15 is 0 Å². The van der Waals surface area contributed by atoms with Crippen LogP contribution >= 0.6 is 11.3 Å². The number of hydrogen-bond donors (Lipinski definition) is 2. The van der Waals surface area contributed by atoms with Gasteiger partial charge in [-0.15, -0.1) is 11.3 Å². The van der Waals surface area contributed by atoms with Crippen molar-refractivity contribution in [2.45, 2.75) is 19.1 Å². The van der Waals surface area contributed by atoms with Gasteiger partial charge in [-0.05, 0) is 13.8 Å². The number of thiazole rings is 1. The van der Waals surface area contributed by atoms with Crippen LogP contribution in [0.15, 0.2) is 5.38 Å². The van der Waals surface area contributed by atoms with E-state index in [1.807, 2.05) is 0 Å². The van der Waals surface area contributed by atoms with Crippen LogP contribution in [-0.4, -0.2) is 25.2 Å². The van der Waals surface area contributed by atoms with Crippen LogP contribution in [0.1, 0.15) is 12.6 Å². The normalized spacial score (nSPS) is 13.9. The zero-order valence-corrected chi connectivity index (χ0v) is 9.65. The van der Waals surface area contributed by atoms with Crippen molar-refractivity contribution in [1.29, 1.82) is 0 Å². The molecule has 1 aromatic rings. The molecule has 0 fully saturated rings. The quantitative estimate of drug-likeness (QED) is 0.797. The van der Waals surface area contributed by atoms with E-state index in [1.54, 1.807) is 19.2 Å². The largest absolute Gasteiger partial charge is 0.329 e. The van der Waals surface area contributed by atoms with Gasteiger partial charge in [0.2, 0.25) is 10.0 Å². The van der Waals surface area contributed by atoms with Gasteiger partial charge >= 0.3 is 0 Å². The molecule has 1 heterocycles. The van der Waals surface area contributed by atoms with Crippen LogP contribution in [0, 0.1) is 6.92 Å². The first kappa shape index (κ1) is 11.4. The highest BCUT2D eigenvalue weighted by Gasteiger charge is 2.19. The zero-order chi connectivity index (χ0) is 10.8. The van der Waals surface area contributed by atoms with Crippen LogP contribution in [-0.2, 0) is 10.0 Å². The Labute approximate surface area is 87.4 Å². The molecule has 1 aromatic heterocycles. The van der Waals surface area contributed by atoms with Gasteiger partial charge in [-0.3, -0.25) is 4.72 Å². The highest BCUT2D eigenvalue weighted by Crippen LogP contribution is 2.17. The second-order valence-electron chi connectivity index (χ2n) is 2.99. The zero-order valence-electron chi connectivity index (χ0n) is 8.02. The lowest BCUT2D eigenvalue weighted by molar-refractivity contribution is 0.589. The number of nitrogens with zero attached hydrogens (tertiary/aromatic N) is 1. The summed E-state index contributed by atoms with van der Waals surface area (Å²) in [6.45, 7) is 3.46. The molecule has 0 aliphatic rings. The molecule has 0 aliphatic carbocycles. The van der Waals surface area contributed by atoms with Crippen LogP contribution in [0.25, 0.3) is 0 Å². The Morgan fingerprint density at radius 1 is 1.71 bits per heavy atom. The molecule has 0 radical (unpaired) electrons. The smallest absolute Gasteiger partial charge is 0.238 e. The lowest BCUT2D eigenvalue weighted by Gasteiger charge is -2.10. The Balaban J connectivity index is 2.78. The summed E-state index contributed by atoms with van der Waals surface area (Å²) in [5.41, 5.74) is 6.08. The summed E-state index contributed by atoms with van der Waals surface area (Å²) in [7, 11) is -3.38. The summed E-state index contributed by atoms with van der Waals surface area (Å²) < 4.78 is 25.4. The van der Waals surface area contributed by atoms with E-state index < -0.39 is 15.3 Å². The highest BCUT2D eigenvalue weighted by atomic mass is 32.2.